The van der Waals surface area contributed by atoms with Crippen LogP contribution in [0.4, 0.5) is 11.6 Å². The zero-order valence-electron chi connectivity index (χ0n) is 12.2. The Bertz CT molecular complexity index is 419. The Balaban J connectivity index is 2.61. The Labute approximate surface area is 114 Å². The van der Waals surface area contributed by atoms with Crippen LogP contribution in [0.3, 0.4) is 0 Å². The van der Waals surface area contributed by atoms with Gasteiger partial charge in [-0.2, -0.15) is 0 Å². The van der Waals surface area contributed by atoms with Crippen molar-refractivity contribution in [2.24, 2.45) is 0 Å². The molecule has 1 rings (SSSR count). The smallest absolute Gasteiger partial charge is 0.223 e. The van der Waals surface area contributed by atoms with E-state index in [0.29, 0.717) is 13.0 Å². The van der Waals surface area contributed by atoms with Gasteiger partial charge in [-0.25, -0.2) is 9.97 Å². The van der Waals surface area contributed by atoms with Crippen molar-refractivity contribution < 1.29 is 4.79 Å². The highest BCUT2D eigenvalue weighted by molar-refractivity contribution is 5.76. The highest BCUT2D eigenvalue weighted by Gasteiger charge is 2.05. The second-order valence-electron chi connectivity index (χ2n) is 4.40. The number of amides is 1. The number of aromatic nitrogens is 2. The third-order valence-electron chi connectivity index (χ3n) is 2.59. The first-order chi connectivity index (χ1) is 9.06. The SMILES string of the molecule is CCNc1cc(NCCC(=O)N(C)C)nc(CC)n1. The minimum atomic E-state index is 0.101. The van der Waals surface area contributed by atoms with Crippen molar-refractivity contribution in [1.82, 2.24) is 14.9 Å². The second kappa shape index (κ2) is 7.56. The number of nitrogens with zero attached hydrogens (tertiary/aromatic N) is 3. The molecular formula is C13H23N5O. The van der Waals surface area contributed by atoms with Gasteiger partial charge >= 0.3 is 0 Å². The maximum atomic E-state index is 11.5. The number of nitrogens with one attached hydrogen (secondary N) is 2. The fourth-order valence-electron chi connectivity index (χ4n) is 1.54. The van der Waals surface area contributed by atoms with E-state index in [4.69, 9.17) is 0 Å². The summed E-state index contributed by atoms with van der Waals surface area (Å²) in [5, 5.41) is 6.34. The summed E-state index contributed by atoms with van der Waals surface area (Å²) >= 11 is 0. The van der Waals surface area contributed by atoms with Crippen LogP contribution < -0.4 is 10.6 Å². The molecular weight excluding hydrogens is 242 g/mol. The largest absolute Gasteiger partial charge is 0.370 e. The molecule has 0 saturated carbocycles. The predicted octanol–water partition coefficient (Wildman–Crippen LogP) is 1.36. The molecule has 0 radical (unpaired) electrons. The summed E-state index contributed by atoms with van der Waals surface area (Å²) in [5.41, 5.74) is 0. The third kappa shape index (κ3) is 5.11. The number of carbonyl (C=O) groups excluding carboxylic acids is 1. The summed E-state index contributed by atoms with van der Waals surface area (Å²) in [4.78, 5) is 21.8. The van der Waals surface area contributed by atoms with Crippen molar-refractivity contribution in [1.29, 1.82) is 0 Å². The van der Waals surface area contributed by atoms with Crippen LogP contribution in [0.15, 0.2) is 6.07 Å². The van der Waals surface area contributed by atoms with Gasteiger partial charge in [-0.1, -0.05) is 6.92 Å². The maximum absolute atomic E-state index is 11.5. The molecule has 2 N–H and O–H groups in total. The Morgan fingerprint density at radius 2 is 1.84 bits per heavy atom. The number of hydrogen-bond acceptors (Lipinski definition) is 5. The molecule has 0 aromatic carbocycles. The standard InChI is InChI=1S/C13H23N5O/c1-5-10-16-11(14-6-2)9-12(17-10)15-8-7-13(19)18(3)4/h9H,5-8H2,1-4H3,(H2,14,15,16,17). The summed E-state index contributed by atoms with van der Waals surface area (Å²) in [6.07, 6.45) is 1.24. The maximum Gasteiger partial charge on any atom is 0.223 e. The molecule has 0 unspecified atom stereocenters. The van der Waals surface area contributed by atoms with Crippen LogP contribution in [0.2, 0.25) is 0 Å². The fraction of sp³-hybridized carbons (Fsp3) is 0.615. The van der Waals surface area contributed by atoms with Gasteiger partial charge in [-0.15, -0.1) is 0 Å². The van der Waals surface area contributed by atoms with Gasteiger partial charge < -0.3 is 15.5 Å². The van der Waals surface area contributed by atoms with Crippen LogP contribution in [-0.2, 0) is 11.2 Å². The van der Waals surface area contributed by atoms with Crippen LogP contribution >= 0.6 is 0 Å². The molecule has 0 saturated heterocycles. The summed E-state index contributed by atoms with van der Waals surface area (Å²) < 4.78 is 0. The number of hydrogen-bond donors (Lipinski definition) is 2. The van der Waals surface area contributed by atoms with E-state index < -0.39 is 0 Å². The summed E-state index contributed by atoms with van der Waals surface area (Å²) in [7, 11) is 3.51. The highest BCUT2D eigenvalue weighted by atomic mass is 16.2. The molecule has 0 atom stereocenters. The van der Waals surface area contributed by atoms with Gasteiger partial charge in [0.25, 0.3) is 0 Å². The molecule has 1 aromatic rings. The molecule has 0 bridgehead atoms. The topological polar surface area (TPSA) is 70.2 Å². The van der Waals surface area contributed by atoms with E-state index in [9.17, 15) is 4.79 Å². The quantitative estimate of drug-likeness (QED) is 0.779. The fourth-order valence-corrected chi connectivity index (χ4v) is 1.54. The van der Waals surface area contributed by atoms with Crippen LogP contribution in [0.25, 0.3) is 0 Å². The average Bonchev–Trinajstić information content (AvgIpc) is 2.38. The van der Waals surface area contributed by atoms with E-state index in [1.165, 1.54) is 0 Å². The van der Waals surface area contributed by atoms with E-state index in [1.807, 2.05) is 19.9 Å². The first-order valence-corrected chi connectivity index (χ1v) is 6.62. The van der Waals surface area contributed by atoms with Crippen LogP contribution in [0.1, 0.15) is 26.1 Å². The first kappa shape index (κ1) is 15.2. The van der Waals surface area contributed by atoms with Gasteiger partial charge in [0.05, 0.1) is 0 Å². The van der Waals surface area contributed by atoms with Crippen molar-refractivity contribution in [2.75, 3.05) is 37.8 Å². The molecule has 0 fully saturated rings. The van der Waals surface area contributed by atoms with Crippen molar-refractivity contribution in [3.8, 4) is 0 Å². The number of aryl methyl sites for hydroxylation is 1. The number of rotatable bonds is 7. The van der Waals surface area contributed by atoms with Crippen molar-refractivity contribution in [3.63, 3.8) is 0 Å². The molecule has 1 aromatic heterocycles. The Morgan fingerprint density at radius 1 is 1.21 bits per heavy atom. The van der Waals surface area contributed by atoms with Gasteiger partial charge in [0.15, 0.2) is 0 Å². The van der Waals surface area contributed by atoms with Gasteiger partial charge in [-0.05, 0) is 6.92 Å². The minimum Gasteiger partial charge on any atom is -0.370 e. The van der Waals surface area contributed by atoms with E-state index in [2.05, 4.69) is 20.6 Å². The Hall–Kier alpha value is -1.85. The van der Waals surface area contributed by atoms with Crippen molar-refractivity contribution in [3.05, 3.63) is 11.9 Å². The zero-order valence-corrected chi connectivity index (χ0v) is 12.2. The van der Waals surface area contributed by atoms with Gasteiger partial charge in [0.1, 0.15) is 17.5 Å². The molecule has 0 spiro atoms. The van der Waals surface area contributed by atoms with Gasteiger partial charge in [-0.3, -0.25) is 4.79 Å². The third-order valence-corrected chi connectivity index (χ3v) is 2.59. The number of carbonyl (C=O) groups is 1. The molecule has 19 heavy (non-hydrogen) atoms. The summed E-state index contributed by atoms with van der Waals surface area (Å²) in [6, 6.07) is 1.86. The Morgan fingerprint density at radius 3 is 2.37 bits per heavy atom. The number of anilines is 2. The molecule has 0 aliphatic rings. The lowest BCUT2D eigenvalue weighted by atomic mass is 10.3. The molecule has 1 heterocycles. The first-order valence-electron chi connectivity index (χ1n) is 6.62. The van der Waals surface area contributed by atoms with Gasteiger partial charge in [0.2, 0.25) is 5.91 Å². The minimum absolute atomic E-state index is 0.101. The molecule has 106 valence electrons. The second-order valence-corrected chi connectivity index (χ2v) is 4.40. The van der Waals surface area contributed by atoms with Crippen molar-refractivity contribution >= 4 is 17.5 Å². The molecule has 6 nitrogen and oxygen atoms in total. The lowest BCUT2D eigenvalue weighted by molar-refractivity contribution is -0.128. The lowest BCUT2D eigenvalue weighted by Gasteiger charge is -2.12. The zero-order chi connectivity index (χ0) is 14.3. The van der Waals surface area contributed by atoms with Crippen molar-refractivity contribution in [2.45, 2.75) is 26.7 Å². The van der Waals surface area contributed by atoms with Crippen LogP contribution in [-0.4, -0.2) is 48.0 Å². The molecule has 6 heteroatoms. The predicted molar refractivity (Wildman–Crippen MR) is 77.4 cm³/mol. The average molecular weight is 265 g/mol. The summed E-state index contributed by atoms with van der Waals surface area (Å²) in [5.74, 6) is 2.47. The van der Waals surface area contributed by atoms with Gasteiger partial charge in [0, 0.05) is 46.1 Å². The van der Waals surface area contributed by atoms with E-state index in [0.717, 1.165) is 30.4 Å². The highest BCUT2D eigenvalue weighted by Crippen LogP contribution is 2.11. The molecule has 0 aliphatic heterocycles. The lowest BCUT2D eigenvalue weighted by Crippen LogP contribution is -2.24. The monoisotopic (exact) mass is 265 g/mol. The van der Waals surface area contributed by atoms with Crippen LogP contribution in [0.5, 0.6) is 0 Å². The summed E-state index contributed by atoms with van der Waals surface area (Å²) in [6.45, 7) is 5.43. The molecule has 1 amide bonds. The van der Waals surface area contributed by atoms with E-state index in [1.54, 1.807) is 19.0 Å². The van der Waals surface area contributed by atoms with Crippen LogP contribution in [0, 0.1) is 0 Å². The normalized spacial score (nSPS) is 10.1. The Kier molecular flexibility index (Phi) is 6.05. The molecule has 0 aliphatic carbocycles. The van der Waals surface area contributed by atoms with E-state index >= 15 is 0 Å². The van der Waals surface area contributed by atoms with E-state index in [-0.39, 0.29) is 5.91 Å².